The molecule has 0 unspecified atom stereocenters. The summed E-state index contributed by atoms with van der Waals surface area (Å²) in [6, 6.07) is 4.78. The average Bonchev–Trinajstić information content (AvgIpc) is 3.01. The Kier molecular flexibility index (Phi) is 2.60. The molecule has 1 aromatic heterocycles. The van der Waals surface area contributed by atoms with E-state index in [-0.39, 0.29) is 0 Å². The topological polar surface area (TPSA) is 29.9 Å². The van der Waals surface area contributed by atoms with E-state index in [9.17, 15) is 0 Å². The predicted octanol–water partition coefficient (Wildman–Crippen LogP) is 2.79. The van der Waals surface area contributed by atoms with E-state index >= 15 is 0 Å². The number of hydrogen-bond donors (Lipinski definition) is 1. The highest BCUT2D eigenvalue weighted by molar-refractivity contribution is 6.35. The third-order valence-electron chi connectivity index (χ3n) is 3.29. The van der Waals surface area contributed by atoms with Gasteiger partial charge in [0.2, 0.25) is 0 Å². The Balaban J connectivity index is 2.01. The lowest BCUT2D eigenvalue weighted by Gasteiger charge is -2.04. The van der Waals surface area contributed by atoms with E-state index in [1.54, 1.807) is 0 Å². The van der Waals surface area contributed by atoms with Gasteiger partial charge in [0.15, 0.2) is 0 Å². The average molecular weight is 250 g/mol. The van der Waals surface area contributed by atoms with Crippen molar-refractivity contribution in [2.24, 2.45) is 7.05 Å². The Labute approximate surface area is 106 Å². The zero-order valence-electron chi connectivity index (χ0n) is 10.1. The fourth-order valence-electron chi connectivity index (χ4n) is 2.16. The van der Waals surface area contributed by atoms with Crippen LogP contribution in [-0.2, 0) is 13.6 Å². The predicted molar refractivity (Wildman–Crippen MR) is 70.3 cm³/mol. The molecule has 0 atom stereocenters. The van der Waals surface area contributed by atoms with Gasteiger partial charge < -0.3 is 9.88 Å². The number of halogens is 1. The molecule has 4 heteroatoms. The van der Waals surface area contributed by atoms with Crippen LogP contribution in [-0.4, -0.2) is 15.6 Å². The van der Waals surface area contributed by atoms with Crippen molar-refractivity contribution < 1.29 is 0 Å². The van der Waals surface area contributed by atoms with Crippen molar-refractivity contribution in [1.29, 1.82) is 0 Å². The summed E-state index contributed by atoms with van der Waals surface area (Å²) in [4.78, 5) is 4.65. The minimum Gasteiger partial charge on any atom is -0.329 e. The largest absolute Gasteiger partial charge is 0.329 e. The molecule has 0 aliphatic heterocycles. The van der Waals surface area contributed by atoms with Gasteiger partial charge in [-0.2, -0.15) is 0 Å². The van der Waals surface area contributed by atoms with Crippen molar-refractivity contribution in [3.63, 3.8) is 0 Å². The molecule has 3 rings (SSSR count). The third kappa shape index (κ3) is 2.05. The van der Waals surface area contributed by atoms with Crippen LogP contribution < -0.4 is 5.32 Å². The van der Waals surface area contributed by atoms with Gasteiger partial charge in [-0.05, 0) is 37.5 Å². The quantitative estimate of drug-likeness (QED) is 0.907. The van der Waals surface area contributed by atoms with Crippen molar-refractivity contribution >= 4 is 22.6 Å². The smallest absolute Gasteiger partial charge is 0.123 e. The van der Waals surface area contributed by atoms with Gasteiger partial charge in [0.05, 0.1) is 22.6 Å². The van der Waals surface area contributed by atoms with Gasteiger partial charge in [0, 0.05) is 13.1 Å². The maximum absolute atomic E-state index is 6.27. The Morgan fingerprint density at radius 3 is 2.94 bits per heavy atom. The number of rotatable bonds is 3. The Hall–Kier alpha value is -1.06. The van der Waals surface area contributed by atoms with Gasteiger partial charge in [-0.3, -0.25) is 0 Å². The first-order valence-corrected chi connectivity index (χ1v) is 6.38. The fourth-order valence-corrected chi connectivity index (χ4v) is 2.55. The molecule has 1 aromatic carbocycles. The molecule has 1 N–H and O–H groups in total. The van der Waals surface area contributed by atoms with Crippen LogP contribution in [0.1, 0.15) is 24.2 Å². The van der Waals surface area contributed by atoms with E-state index < -0.39 is 0 Å². The van der Waals surface area contributed by atoms with Crippen LogP contribution in [0.3, 0.4) is 0 Å². The monoisotopic (exact) mass is 249 g/mol. The van der Waals surface area contributed by atoms with Gasteiger partial charge in [-0.25, -0.2) is 4.98 Å². The highest BCUT2D eigenvalue weighted by Gasteiger charge is 2.21. The zero-order chi connectivity index (χ0) is 12.0. The molecule has 17 heavy (non-hydrogen) atoms. The van der Waals surface area contributed by atoms with Crippen LogP contribution in [0.15, 0.2) is 12.1 Å². The van der Waals surface area contributed by atoms with Gasteiger partial charge >= 0.3 is 0 Å². The third-order valence-corrected chi connectivity index (χ3v) is 3.57. The minimum atomic E-state index is 0.701. The number of nitrogens with zero attached hydrogens (tertiary/aromatic N) is 2. The van der Waals surface area contributed by atoms with Gasteiger partial charge in [0.1, 0.15) is 5.82 Å². The Morgan fingerprint density at radius 1 is 1.47 bits per heavy atom. The first-order chi connectivity index (χ1) is 8.15. The molecule has 3 nitrogen and oxygen atoms in total. The Bertz CT molecular complexity index is 570. The SMILES string of the molecule is Cc1cc(Cl)c2c(c1)nc(CNC1CC1)n2C. The van der Waals surface area contributed by atoms with Crippen molar-refractivity contribution in [3.8, 4) is 0 Å². The second kappa shape index (κ2) is 4.00. The molecule has 1 fully saturated rings. The summed E-state index contributed by atoms with van der Waals surface area (Å²) in [5.74, 6) is 1.06. The van der Waals surface area contributed by atoms with Crippen LogP contribution in [0.4, 0.5) is 0 Å². The number of aryl methyl sites for hydroxylation is 2. The van der Waals surface area contributed by atoms with E-state index in [2.05, 4.69) is 20.9 Å². The summed E-state index contributed by atoms with van der Waals surface area (Å²) in [6.45, 7) is 2.87. The standard InChI is InChI=1S/C13H16ClN3/c1-8-5-10(14)13-11(6-8)16-12(17(13)2)7-15-9-3-4-9/h5-6,9,15H,3-4,7H2,1-2H3. The lowest BCUT2D eigenvalue weighted by molar-refractivity contribution is 0.639. The maximum Gasteiger partial charge on any atom is 0.123 e. The molecule has 1 aliphatic carbocycles. The van der Waals surface area contributed by atoms with E-state index in [1.807, 2.05) is 20.0 Å². The lowest BCUT2D eigenvalue weighted by atomic mass is 10.2. The second-order valence-electron chi connectivity index (χ2n) is 4.86. The van der Waals surface area contributed by atoms with E-state index in [1.165, 1.54) is 12.8 Å². The van der Waals surface area contributed by atoms with Crippen LogP contribution in [0.5, 0.6) is 0 Å². The molecule has 0 saturated heterocycles. The summed E-state index contributed by atoms with van der Waals surface area (Å²) in [5.41, 5.74) is 3.18. The molecule has 1 heterocycles. The number of nitrogens with one attached hydrogen (secondary N) is 1. The highest BCUT2D eigenvalue weighted by Crippen LogP contribution is 2.26. The van der Waals surface area contributed by atoms with Gasteiger partial charge in [-0.1, -0.05) is 11.6 Å². The van der Waals surface area contributed by atoms with Crippen molar-refractivity contribution in [1.82, 2.24) is 14.9 Å². The highest BCUT2D eigenvalue weighted by atomic mass is 35.5. The van der Waals surface area contributed by atoms with Crippen LogP contribution >= 0.6 is 11.6 Å². The number of hydrogen-bond acceptors (Lipinski definition) is 2. The molecule has 0 amide bonds. The zero-order valence-corrected chi connectivity index (χ0v) is 10.9. The van der Waals surface area contributed by atoms with Crippen molar-refractivity contribution in [2.45, 2.75) is 32.4 Å². The normalized spacial score (nSPS) is 15.7. The summed E-state index contributed by atoms with van der Waals surface area (Å²) in [7, 11) is 2.03. The van der Waals surface area contributed by atoms with Crippen LogP contribution in [0.25, 0.3) is 11.0 Å². The Morgan fingerprint density at radius 2 is 2.24 bits per heavy atom. The van der Waals surface area contributed by atoms with Gasteiger partial charge in [-0.15, -0.1) is 0 Å². The summed E-state index contributed by atoms with van der Waals surface area (Å²) >= 11 is 6.27. The summed E-state index contributed by atoms with van der Waals surface area (Å²) in [5, 5.41) is 4.27. The van der Waals surface area contributed by atoms with E-state index in [0.717, 1.165) is 34.0 Å². The first-order valence-electron chi connectivity index (χ1n) is 6.00. The number of imidazole rings is 1. The number of fused-ring (bicyclic) bond motifs is 1. The van der Waals surface area contributed by atoms with Gasteiger partial charge in [0.25, 0.3) is 0 Å². The first kappa shape index (κ1) is 11.1. The molecular weight excluding hydrogens is 234 g/mol. The van der Waals surface area contributed by atoms with Crippen molar-refractivity contribution in [3.05, 3.63) is 28.5 Å². The molecular formula is C13H16ClN3. The fraction of sp³-hybridized carbons (Fsp3) is 0.462. The minimum absolute atomic E-state index is 0.701. The van der Waals surface area contributed by atoms with E-state index in [0.29, 0.717) is 6.04 Å². The molecule has 2 aromatic rings. The maximum atomic E-state index is 6.27. The number of aromatic nitrogens is 2. The molecule has 1 aliphatic rings. The van der Waals surface area contributed by atoms with E-state index in [4.69, 9.17) is 11.6 Å². The summed E-state index contributed by atoms with van der Waals surface area (Å²) < 4.78 is 2.09. The van der Waals surface area contributed by atoms with Crippen LogP contribution in [0.2, 0.25) is 5.02 Å². The molecule has 0 spiro atoms. The molecule has 1 saturated carbocycles. The molecule has 0 radical (unpaired) electrons. The lowest BCUT2D eigenvalue weighted by Crippen LogP contribution is -2.18. The number of benzene rings is 1. The van der Waals surface area contributed by atoms with Crippen molar-refractivity contribution in [2.75, 3.05) is 0 Å². The van der Waals surface area contributed by atoms with Crippen LogP contribution in [0, 0.1) is 6.92 Å². The molecule has 0 bridgehead atoms. The molecule has 90 valence electrons. The summed E-state index contributed by atoms with van der Waals surface area (Å²) in [6.07, 6.45) is 2.59. The second-order valence-corrected chi connectivity index (χ2v) is 5.26.